The Hall–Kier alpha value is -3.98. The van der Waals surface area contributed by atoms with Gasteiger partial charge in [-0.05, 0) is 17.0 Å². The lowest BCUT2D eigenvalue weighted by Crippen LogP contribution is -2.13. The lowest BCUT2D eigenvalue weighted by Gasteiger charge is -2.07. The van der Waals surface area contributed by atoms with Crippen molar-refractivity contribution in [2.24, 2.45) is 0 Å². The van der Waals surface area contributed by atoms with Crippen LogP contribution in [0.15, 0.2) is 67.1 Å². The van der Waals surface area contributed by atoms with Gasteiger partial charge in [-0.2, -0.15) is 0 Å². The summed E-state index contributed by atoms with van der Waals surface area (Å²) in [6.07, 6.45) is 5.39. The minimum atomic E-state index is -0.492. The Balaban J connectivity index is 1.49. The minimum Gasteiger partial charge on any atom is -0.352 e. The zero-order valence-corrected chi connectivity index (χ0v) is 17.6. The van der Waals surface area contributed by atoms with E-state index in [1.807, 2.05) is 42.5 Å². The Kier molecular flexibility index (Phi) is 5.39. The van der Waals surface area contributed by atoms with Crippen molar-refractivity contribution < 1.29 is 9.18 Å². The molecular weight excluding hydrogens is 427 g/mol. The first-order valence-electron chi connectivity index (χ1n) is 9.91. The van der Waals surface area contributed by atoms with E-state index in [4.69, 9.17) is 0 Å². The van der Waals surface area contributed by atoms with Gasteiger partial charge < -0.3 is 5.32 Å². The summed E-state index contributed by atoms with van der Waals surface area (Å²) in [5, 5.41) is 11.7. The molecule has 2 aromatic carbocycles. The molecule has 9 heteroatoms. The fourth-order valence-corrected chi connectivity index (χ4v) is 4.67. The summed E-state index contributed by atoms with van der Waals surface area (Å²) >= 11 is 1.44. The van der Waals surface area contributed by atoms with Crippen molar-refractivity contribution in [3.63, 3.8) is 0 Å². The van der Waals surface area contributed by atoms with E-state index in [-0.39, 0.29) is 5.69 Å². The lowest BCUT2D eigenvalue weighted by atomic mass is 9.99. The summed E-state index contributed by atoms with van der Waals surface area (Å²) in [5.74, 6) is -0.154. The average Bonchev–Trinajstić information content (AvgIpc) is 3.50. The molecule has 3 aromatic heterocycles. The van der Waals surface area contributed by atoms with Gasteiger partial charge in [0.25, 0.3) is 0 Å². The van der Waals surface area contributed by atoms with Gasteiger partial charge in [0.05, 0.1) is 23.8 Å². The summed E-state index contributed by atoms with van der Waals surface area (Å²) in [7, 11) is 0. The molecule has 0 unspecified atom stereocenters. The van der Waals surface area contributed by atoms with Crippen LogP contribution in [0, 0.1) is 5.82 Å². The summed E-state index contributed by atoms with van der Waals surface area (Å²) in [6, 6.07) is 15.2. The zero-order chi connectivity index (χ0) is 21.9. The lowest BCUT2D eigenvalue weighted by molar-refractivity contribution is 0.112. The maximum Gasteiger partial charge on any atom is 0.223 e. The van der Waals surface area contributed by atoms with E-state index in [0.717, 1.165) is 27.5 Å². The number of carbonyl (C=O) groups excluding carboxylic acids is 1. The number of fused-ring (bicyclic) bond motifs is 1. The molecule has 32 heavy (non-hydrogen) atoms. The van der Waals surface area contributed by atoms with E-state index in [0.29, 0.717) is 29.5 Å². The summed E-state index contributed by atoms with van der Waals surface area (Å²) in [5.41, 5.74) is 2.63. The van der Waals surface area contributed by atoms with Crippen molar-refractivity contribution in [2.75, 3.05) is 11.9 Å². The van der Waals surface area contributed by atoms with E-state index in [1.165, 1.54) is 17.5 Å². The van der Waals surface area contributed by atoms with E-state index in [2.05, 4.69) is 25.6 Å². The molecule has 0 fully saturated rings. The average molecular weight is 444 g/mol. The second kappa shape index (κ2) is 8.64. The fourth-order valence-electron chi connectivity index (χ4n) is 3.50. The van der Waals surface area contributed by atoms with Crippen LogP contribution >= 0.6 is 11.3 Å². The number of thiophene rings is 1. The first-order valence-corrected chi connectivity index (χ1v) is 10.7. The first-order chi connectivity index (χ1) is 15.7. The quantitative estimate of drug-likeness (QED) is 0.367. The molecular formula is C23H17FN6OS. The standard InChI is InChI=1S/C23H17FN6OS/c24-19-13-26-23(25-8-10-30-11-9-27-29-30)28-21(19)20-12-15-5-3-7-18(22(15)32-20)17-6-2-1-4-16(17)14-31/h1-7,9,11-14H,8,10H2,(H,25,26,28). The van der Waals surface area contributed by atoms with Gasteiger partial charge in [0, 0.05) is 28.6 Å². The number of aldehydes is 1. The van der Waals surface area contributed by atoms with Gasteiger partial charge in [0.15, 0.2) is 12.1 Å². The summed E-state index contributed by atoms with van der Waals surface area (Å²) in [6.45, 7) is 1.10. The van der Waals surface area contributed by atoms with E-state index >= 15 is 0 Å². The van der Waals surface area contributed by atoms with Crippen LogP contribution in [0.1, 0.15) is 10.4 Å². The van der Waals surface area contributed by atoms with Gasteiger partial charge in [-0.1, -0.05) is 47.7 Å². The van der Waals surface area contributed by atoms with Crippen LogP contribution < -0.4 is 5.32 Å². The topological polar surface area (TPSA) is 85.6 Å². The van der Waals surface area contributed by atoms with Gasteiger partial charge >= 0.3 is 0 Å². The van der Waals surface area contributed by atoms with Crippen molar-refractivity contribution in [1.82, 2.24) is 25.0 Å². The van der Waals surface area contributed by atoms with Crippen molar-refractivity contribution in [3.8, 4) is 21.7 Å². The molecule has 7 nitrogen and oxygen atoms in total. The number of hydrogen-bond acceptors (Lipinski definition) is 7. The molecule has 3 heterocycles. The molecule has 0 atom stereocenters. The number of aromatic nitrogens is 5. The van der Waals surface area contributed by atoms with Crippen LogP contribution in [-0.2, 0) is 6.54 Å². The Morgan fingerprint density at radius 1 is 1.12 bits per heavy atom. The number of carbonyl (C=O) groups is 1. The van der Waals surface area contributed by atoms with Gasteiger partial charge in [-0.3, -0.25) is 9.48 Å². The largest absolute Gasteiger partial charge is 0.352 e. The number of nitrogens with one attached hydrogen (secondary N) is 1. The third-order valence-electron chi connectivity index (χ3n) is 5.00. The van der Waals surface area contributed by atoms with Crippen LogP contribution in [0.3, 0.4) is 0 Å². The van der Waals surface area contributed by atoms with Gasteiger partial charge in [-0.15, -0.1) is 16.4 Å². The SMILES string of the molecule is O=Cc1ccccc1-c1cccc2cc(-c3nc(NCCn4ccnn4)ncc3F)sc12. The maximum absolute atomic E-state index is 14.7. The van der Waals surface area contributed by atoms with Gasteiger partial charge in [0.2, 0.25) is 5.95 Å². The third-order valence-corrected chi connectivity index (χ3v) is 6.19. The Bertz CT molecular complexity index is 1400. The molecule has 5 aromatic rings. The van der Waals surface area contributed by atoms with Crippen LogP contribution in [-0.4, -0.2) is 37.8 Å². The molecule has 0 saturated heterocycles. The predicted molar refractivity (Wildman–Crippen MR) is 122 cm³/mol. The summed E-state index contributed by atoms with van der Waals surface area (Å²) < 4.78 is 17.3. The Morgan fingerprint density at radius 3 is 2.84 bits per heavy atom. The number of nitrogens with zero attached hydrogens (tertiary/aromatic N) is 5. The predicted octanol–water partition coefficient (Wildman–Crippen LogP) is 4.68. The van der Waals surface area contributed by atoms with Crippen LogP contribution in [0.4, 0.5) is 10.3 Å². The number of anilines is 1. The van der Waals surface area contributed by atoms with Gasteiger partial charge in [-0.25, -0.2) is 14.4 Å². The molecule has 0 spiro atoms. The molecule has 0 amide bonds. The number of benzene rings is 2. The van der Waals surface area contributed by atoms with Crippen LogP contribution in [0.2, 0.25) is 0 Å². The zero-order valence-electron chi connectivity index (χ0n) is 16.8. The van der Waals surface area contributed by atoms with E-state index < -0.39 is 5.82 Å². The molecule has 0 radical (unpaired) electrons. The smallest absolute Gasteiger partial charge is 0.223 e. The highest BCUT2D eigenvalue weighted by Crippen LogP contribution is 2.40. The molecule has 0 aliphatic heterocycles. The van der Waals surface area contributed by atoms with Gasteiger partial charge in [0.1, 0.15) is 5.69 Å². The fraction of sp³-hybridized carbons (Fsp3) is 0.0870. The number of halogens is 1. The van der Waals surface area contributed by atoms with Crippen molar-refractivity contribution in [3.05, 3.63) is 78.5 Å². The molecule has 1 N–H and O–H groups in total. The number of rotatable bonds is 7. The minimum absolute atomic E-state index is 0.235. The maximum atomic E-state index is 14.7. The van der Waals surface area contributed by atoms with Crippen LogP contribution in [0.5, 0.6) is 0 Å². The molecule has 0 aliphatic carbocycles. The number of hydrogen-bond donors (Lipinski definition) is 1. The summed E-state index contributed by atoms with van der Waals surface area (Å²) in [4.78, 5) is 20.7. The second-order valence-electron chi connectivity index (χ2n) is 7.02. The van der Waals surface area contributed by atoms with Crippen molar-refractivity contribution in [2.45, 2.75) is 6.54 Å². The van der Waals surface area contributed by atoms with Crippen LogP contribution in [0.25, 0.3) is 31.8 Å². The highest BCUT2D eigenvalue weighted by atomic mass is 32.1. The van der Waals surface area contributed by atoms with E-state index in [1.54, 1.807) is 23.1 Å². The van der Waals surface area contributed by atoms with E-state index in [9.17, 15) is 9.18 Å². The monoisotopic (exact) mass is 444 g/mol. The highest BCUT2D eigenvalue weighted by Gasteiger charge is 2.16. The van der Waals surface area contributed by atoms with Crippen molar-refractivity contribution in [1.29, 1.82) is 0 Å². The molecule has 0 bridgehead atoms. The third kappa shape index (κ3) is 3.85. The molecule has 0 saturated carbocycles. The van der Waals surface area contributed by atoms with Crippen molar-refractivity contribution >= 4 is 33.7 Å². The normalized spacial score (nSPS) is 11.0. The highest BCUT2D eigenvalue weighted by molar-refractivity contribution is 7.22. The molecule has 0 aliphatic rings. The first kappa shape index (κ1) is 20.0. The molecule has 5 rings (SSSR count). The molecule has 158 valence electrons. The Morgan fingerprint density at radius 2 is 2.00 bits per heavy atom. The second-order valence-corrected chi connectivity index (χ2v) is 8.07. The Labute approximate surface area is 186 Å².